The lowest BCUT2D eigenvalue weighted by Gasteiger charge is -2.33. The molecule has 4 nitrogen and oxygen atoms in total. The van der Waals surface area contributed by atoms with Gasteiger partial charge in [-0.2, -0.15) is 0 Å². The molecule has 0 aliphatic carbocycles. The second kappa shape index (κ2) is 18.7. The van der Waals surface area contributed by atoms with Crippen LogP contribution in [-0.2, 0) is 17.7 Å². The molecule has 0 aromatic heterocycles. The van der Waals surface area contributed by atoms with E-state index < -0.39 is 17.1 Å². The van der Waals surface area contributed by atoms with Crippen LogP contribution in [0, 0.1) is 0 Å². The van der Waals surface area contributed by atoms with Crippen LogP contribution in [0.15, 0.2) is 24.3 Å². The van der Waals surface area contributed by atoms with Crippen LogP contribution in [0.3, 0.4) is 0 Å². The zero-order valence-corrected chi connectivity index (χ0v) is 25.3. The Hall–Kier alpha value is -0.506. The minimum Gasteiger partial charge on any atom is -0.391 e. The summed E-state index contributed by atoms with van der Waals surface area (Å²) in [6, 6.07) is 11.1. The van der Waals surface area contributed by atoms with Crippen LogP contribution in [-0.4, -0.2) is 43.5 Å². The van der Waals surface area contributed by atoms with Crippen molar-refractivity contribution in [1.82, 2.24) is 0 Å². The molecule has 0 saturated carbocycles. The number of rotatable bonds is 22. The topological polar surface area (TPSA) is 36.9 Å². The van der Waals surface area contributed by atoms with Crippen molar-refractivity contribution in [2.24, 2.45) is 0 Å². The highest BCUT2D eigenvalue weighted by Gasteiger charge is 2.42. The Morgan fingerprint density at radius 2 is 0.706 bits per heavy atom. The molecule has 1 aromatic carbocycles. The highest BCUT2D eigenvalue weighted by molar-refractivity contribution is 6.82. The maximum absolute atomic E-state index is 6.64. The van der Waals surface area contributed by atoms with Gasteiger partial charge in [0.15, 0.2) is 0 Å². The smallest absolute Gasteiger partial charge is 0.372 e. The van der Waals surface area contributed by atoms with Gasteiger partial charge < -0.3 is 17.7 Å². The summed E-state index contributed by atoms with van der Waals surface area (Å²) in [6.45, 7) is 16.5. The quantitative estimate of drug-likeness (QED) is 0.123. The molecule has 0 unspecified atom stereocenters. The maximum atomic E-state index is 6.64. The lowest BCUT2D eigenvalue weighted by Crippen LogP contribution is -2.57. The fourth-order valence-electron chi connectivity index (χ4n) is 4.16. The Morgan fingerprint density at radius 3 is 0.912 bits per heavy atom. The van der Waals surface area contributed by atoms with Crippen molar-refractivity contribution in [1.29, 1.82) is 0 Å². The predicted octanol–water partition coefficient (Wildman–Crippen LogP) is 7.07. The third-order valence-electron chi connectivity index (χ3n) is 6.26. The average Bonchev–Trinajstić information content (AvgIpc) is 2.84. The second-order valence-electron chi connectivity index (χ2n) is 9.39. The van der Waals surface area contributed by atoms with Crippen molar-refractivity contribution in [3.05, 3.63) is 24.3 Å². The highest BCUT2D eigenvalue weighted by atomic mass is 28.4. The van der Waals surface area contributed by atoms with Gasteiger partial charge in [-0.05, 0) is 48.1 Å². The van der Waals surface area contributed by atoms with Crippen LogP contribution in [0.5, 0.6) is 0 Å². The van der Waals surface area contributed by atoms with Gasteiger partial charge in [0.2, 0.25) is 0 Å². The van der Waals surface area contributed by atoms with Crippen molar-refractivity contribution in [3.63, 3.8) is 0 Å². The summed E-state index contributed by atoms with van der Waals surface area (Å²) in [5.41, 5.74) is 0. The van der Waals surface area contributed by atoms with Crippen LogP contribution >= 0.6 is 0 Å². The minimum atomic E-state index is -2.48. The molecular formula is C28H54O4Si2. The molecule has 1 aromatic rings. The van der Waals surface area contributed by atoms with E-state index in [9.17, 15) is 0 Å². The van der Waals surface area contributed by atoms with Crippen LogP contribution in [0.25, 0.3) is 0 Å². The van der Waals surface area contributed by atoms with Gasteiger partial charge in [0, 0.05) is 26.4 Å². The molecule has 0 spiro atoms. The van der Waals surface area contributed by atoms with E-state index >= 15 is 0 Å². The summed E-state index contributed by atoms with van der Waals surface area (Å²) in [7, 11) is -4.95. The van der Waals surface area contributed by atoms with E-state index in [4.69, 9.17) is 17.7 Å². The summed E-state index contributed by atoms with van der Waals surface area (Å²) in [5.74, 6) is 0. The van der Waals surface area contributed by atoms with Crippen molar-refractivity contribution < 1.29 is 17.7 Å². The number of hydrogen-bond donors (Lipinski definition) is 0. The van der Waals surface area contributed by atoms with Gasteiger partial charge in [0.05, 0.1) is 0 Å². The molecule has 0 heterocycles. The first-order valence-electron chi connectivity index (χ1n) is 14.2. The second-order valence-corrected chi connectivity index (χ2v) is 15.7. The van der Waals surface area contributed by atoms with Gasteiger partial charge in [0.25, 0.3) is 0 Å². The number of benzene rings is 1. The van der Waals surface area contributed by atoms with Gasteiger partial charge in [0.1, 0.15) is 0 Å². The molecule has 0 saturated heterocycles. The first-order chi connectivity index (χ1) is 16.6. The van der Waals surface area contributed by atoms with Crippen molar-refractivity contribution in [3.8, 4) is 0 Å². The van der Waals surface area contributed by atoms with Gasteiger partial charge in [-0.3, -0.25) is 0 Å². The van der Waals surface area contributed by atoms with Crippen molar-refractivity contribution >= 4 is 27.5 Å². The molecule has 0 atom stereocenters. The van der Waals surface area contributed by atoms with E-state index in [0.717, 1.165) is 103 Å². The molecule has 0 amide bonds. The molecular weight excluding hydrogens is 456 g/mol. The summed E-state index contributed by atoms with van der Waals surface area (Å²) in [5, 5.41) is 2.51. The average molecular weight is 511 g/mol. The molecule has 1 rings (SSSR count). The standard InChI is InChI=1S/C28H54O4Si2/c1-7-13-21-29-33(25-11-5,30-22-14-8-2)27-17-19-28(20-18-27)34(26-12-6,31-23-15-9-3)32-24-16-10-4/h17-20H,7-16,21-26H2,1-6H3. The Bertz CT molecular complexity index is 536. The molecule has 34 heavy (non-hydrogen) atoms. The SMILES string of the molecule is CCCCO[Si](CCC)(OCCCC)c1ccc([Si](CCC)(OCCCC)OCCCC)cc1. The van der Waals surface area contributed by atoms with Crippen LogP contribution in [0.1, 0.15) is 106 Å². The summed E-state index contributed by atoms with van der Waals surface area (Å²) in [6.07, 6.45) is 11.0. The van der Waals surface area contributed by atoms with E-state index in [-0.39, 0.29) is 0 Å². The monoisotopic (exact) mass is 510 g/mol. The predicted molar refractivity (Wildman–Crippen MR) is 151 cm³/mol. The Labute approximate surface area is 213 Å². The van der Waals surface area contributed by atoms with E-state index in [0.29, 0.717) is 0 Å². The van der Waals surface area contributed by atoms with E-state index in [2.05, 4.69) is 65.8 Å². The Morgan fingerprint density at radius 1 is 0.441 bits per heavy atom. The molecule has 0 aliphatic heterocycles. The van der Waals surface area contributed by atoms with Crippen molar-refractivity contribution in [2.45, 2.75) is 118 Å². The molecule has 0 N–H and O–H groups in total. The third-order valence-corrected chi connectivity index (χ3v) is 13.7. The van der Waals surface area contributed by atoms with E-state index in [1.807, 2.05) is 0 Å². The number of hydrogen-bond acceptors (Lipinski definition) is 4. The van der Waals surface area contributed by atoms with Gasteiger partial charge in [-0.15, -0.1) is 0 Å². The third kappa shape index (κ3) is 10.2. The van der Waals surface area contributed by atoms with Gasteiger partial charge in [-0.1, -0.05) is 104 Å². The summed E-state index contributed by atoms with van der Waals surface area (Å²) in [4.78, 5) is 0. The van der Waals surface area contributed by atoms with Crippen molar-refractivity contribution in [2.75, 3.05) is 26.4 Å². The Balaban J connectivity index is 3.30. The summed E-state index contributed by atoms with van der Waals surface area (Å²) >= 11 is 0. The first kappa shape index (κ1) is 31.5. The van der Waals surface area contributed by atoms with E-state index in [1.165, 1.54) is 10.4 Å². The molecule has 0 bridgehead atoms. The van der Waals surface area contributed by atoms with Gasteiger partial charge in [-0.25, -0.2) is 0 Å². The summed E-state index contributed by atoms with van der Waals surface area (Å²) < 4.78 is 26.6. The maximum Gasteiger partial charge on any atom is 0.372 e. The molecule has 6 heteroatoms. The zero-order valence-electron chi connectivity index (χ0n) is 23.3. The fraction of sp³-hybridized carbons (Fsp3) is 0.786. The lowest BCUT2D eigenvalue weighted by atomic mass is 10.4. The first-order valence-corrected chi connectivity index (χ1v) is 18.3. The van der Waals surface area contributed by atoms with Crippen LogP contribution < -0.4 is 10.4 Å². The lowest BCUT2D eigenvalue weighted by molar-refractivity contribution is 0.173. The zero-order chi connectivity index (χ0) is 25.1. The Kier molecular flexibility index (Phi) is 17.4. The molecule has 198 valence electrons. The van der Waals surface area contributed by atoms with E-state index in [1.54, 1.807) is 0 Å². The fourth-order valence-corrected chi connectivity index (χ4v) is 10.7. The minimum absolute atomic E-state index is 0.783. The highest BCUT2D eigenvalue weighted by Crippen LogP contribution is 2.21. The normalized spacial score (nSPS) is 12.4. The number of unbranched alkanes of at least 4 members (excludes halogenated alkanes) is 4. The molecule has 0 fully saturated rings. The van der Waals surface area contributed by atoms with Crippen LogP contribution in [0.2, 0.25) is 12.1 Å². The molecule has 0 radical (unpaired) electrons. The largest absolute Gasteiger partial charge is 0.391 e. The molecule has 0 aliphatic rings. The van der Waals surface area contributed by atoms with Crippen LogP contribution in [0.4, 0.5) is 0 Å². The van der Waals surface area contributed by atoms with Gasteiger partial charge >= 0.3 is 17.1 Å².